The molecule has 1 atom stereocenters. The molecule has 1 aromatic heterocycles. The Balaban J connectivity index is 2.14. The van der Waals surface area contributed by atoms with Crippen LogP contribution >= 0.6 is 0 Å². The van der Waals surface area contributed by atoms with Gasteiger partial charge in [-0.3, -0.25) is 4.90 Å². The number of nitrogens with one attached hydrogen (secondary N) is 1. The first-order chi connectivity index (χ1) is 10.0. The molecule has 0 fully saturated rings. The Hall–Kier alpha value is -2.76. The summed E-state index contributed by atoms with van der Waals surface area (Å²) in [5.74, 6) is -0.451. The maximum atomic E-state index is 12.2. The van der Waals surface area contributed by atoms with Gasteiger partial charge in [-0.25, -0.2) is 9.59 Å². The van der Waals surface area contributed by atoms with Gasteiger partial charge >= 0.3 is 12.0 Å². The van der Waals surface area contributed by atoms with E-state index in [0.717, 1.165) is 0 Å². The second-order valence-electron chi connectivity index (χ2n) is 4.57. The molecule has 6 heteroatoms. The molecule has 1 heterocycles. The molecule has 0 aliphatic carbocycles. The van der Waals surface area contributed by atoms with Gasteiger partial charge < -0.3 is 14.8 Å². The number of aromatic carboxylic acids is 1. The van der Waals surface area contributed by atoms with Crippen molar-refractivity contribution in [3.05, 3.63) is 54.0 Å². The molecular formula is C15H16N2O4. The molecule has 2 aromatic rings. The van der Waals surface area contributed by atoms with Crippen LogP contribution in [0, 0.1) is 0 Å². The van der Waals surface area contributed by atoms with Crippen LogP contribution in [-0.4, -0.2) is 24.2 Å². The number of carbonyl (C=O) groups is 2. The van der Waals surface area contributed by atoms with Gasteiger partial charge in [0.1, 0.15) is 5.76 Å². The van der Waals surface area contributed by atoms with Gasteiger partial charge in [0.15, 0.2) is 0 Å². The molecule has 2 amide bonds. The molecule has 110 valence electrons. The highest BCUT2D eigenvalue weighted by atomic mass is 16.4. The minimum Gasteiger partial charge on any atom is -0.478 e. The summed E-state index contributed by atoms with van der Waals surface area (Å²) in [7, 11) is 1.52. The van der Waals surface area contributed by atoms with Crippen molar-refractivity contribution in [2.75, 3.05) is 11.9 Å². The van der Waals surface area contributed by atoms with Gasteiger partial charge in [-0.1, -0.05) is 12.1 Å². The topological polar surface area (TPSA) is 82.8 Å². The van der Waals surface area contributed by atoms with Gasteiger partial charge in [0.25, 0.3) is 0 Å². The van der Waals surface area contributed by atoms with Gasteiger partial charge in [-0.2, -0.15) is 0 Å². The van der Waals surface area contributed by atoms with E-state index in [0.29, 0.717) is 11.4 Å². The van der Waals surface area contributed by atoms with Crippen molar-refractivity contribution in [2.45, 2.75) is 13.0 Å². The minimum absolute atomic E-state index is 0.0702. The first kappa shape index (κ1) is 14.6. The van der Waals surface area contributed by atoms with Crippen LogP contribution in [0.25, 0.3) is 0 Å². The summed E-state index contributed by atoms with van der Waals surface area (Å²) >= 11 is 0. The lowest BCUT2D eigenvalue weighted by Gasteiger charge is -2.22. The van der Waals surface area contributed by atoms with Crippen LogP contribution in [0.3, 0.4) is 0 Å². The van der Waals surface area contributed by atoms with Crippen molar-refractivity contribution >= 4 is 17.7 Å². The molecule has 0 saturated heterocycles. The Morgan fingerprint density at radius 3 is 2.57 bits per heavy atom. The first-order valence-corrected chi connectivity index (χ1v) is 6.40. The van der Waals surface area contributed by atoms with Crippen LogP contribution in [0.4, 0.5) is 10.5 Å². The quantitative estimate of drug-likeness (QED) is 0.906. The largest absolute Gasteiger partial charge is 0.478 e. The third-order valence-electron chi connectivity index (χ3n) is 3.11. The molecule has 6 nitrogen and oxygen atoms in total. The lowest BCUT2D eigenvalue weighted by molar-refractivity contribution is 0.0697. The number of benzene rings is 1. The van der Waals surface area contributed by atoms with E-state index >= 15 is 0 Å². The van der Waals surface area contributed by atoms with Crippen LogP contribution < -0.4 is 10.2 Å². The summed E-state index contributed by atoms with van der Waals surface area (Å²) in [5, 5.41) is 11.9. The highest BCUT2D eigenvalue weighted by Crippen LogP contribution is 2.20. The number of amides is 2. The van der Waals surface area contributed by atoms with Gasteiger partial charge in [0.2, 0.25) is 0 Å². The number of hydrogen-bond acceptors (Lipinski definition) is 3. The molecule has 1 aromatic carbocycles. The number of nitrogens with zero attached hydrogens (tertiary/aromatic N) is 1. The third-order valence-corrected chi connectivity index (χ3v) is 3.11. The molecule has 0 saturated carbocycles. The van der Waals surface area contributed by atoms with Crippen molar-refractivity contribution in [3.63, 3.8) is 0 Å². The standard InChI is InChI=1S/C15H16N2O4/c1-10(13-8-5-9-21-13)16-15(20)17(2)12-7-4-3-6-11(12)14(18)19/h3-10H,1-2H3,(H,16,20)(H,18,19). The highest BCUT2D eigenvalue weighted by Gasteiger charge is 2.20. The number of furan rings is 1. The molecular weight excluding hydrogens is 272 g/mol. The van der Waals surface area contributed by atoms with E-state index in [9.17, 15) is 9.59 Å². The average molecular weight is 288 g/mol. The first-order valence-electron chi connectivity index (χ1n) is 6.40. The number of para-hydroxylation sites is 1. The molecule has 0 aliphatic heterocycles. The molecule has 0 bridgehead atoms. The minimum atomic E-state index is -1.08. The van der Waals surface area contributed by atoms with Crippen molar-refractivity contribution in [3.8, 4) is 0 Å². The van der Waals surface area contributed by atoms with Crippen LogP contribution in [0.2, 0.25) is 0 Å². The summed E-state index contributed by atoms with van der Waals surface area (Å²) < 4.78 is 5.22. The van der Waals surface area contributed by atoms with E-state index in [2.05, 4.69) is 5.32 Å². The zero-order valence-corrected chi connectivity index (χ0v) is 11.7. The maximum absolute atomic E-state index is 12.2. The maximum Gasteiger partial charge on any atom is 0.337 e. The molecule has 0 aliphatic rings. The van der Waals surface area contributed by atoms with E-state index in [4.69, 9.17) is 9.52 Å². The van der Waals surface area contributed by atoms with Gasteiger partial charge in [0.05, 0.1) is 23.6 Å². The molecule has 1 unspecified atom stereocenters. The second-order valence-corrected chi connectivity index (χ2v) is 4.57. The van der Waals surface area contributed by atoms with E-state index < -0.39 is 12.0 Å². The Kier molecular flexibility index (Phi) is 4.27. The lowest BCUT2D eigenvalue weighted by Crippen LogP contribution is -2.39. The number of rotatable bonds is 4. The SMILES string of the molecule is CC(NC(=O)N(C)c1ccccc1C(=O)O)c1ccco1. The highest BCUT2D eigenvalue weighted by molar-refractivity contribution is 6.01. The van der Waals surface area contributed by atoms with Gasteiger partial charge in [-0.15, -0.1) is 0 Å². The number of hydrogen-bond donors (Lipinski definition) is 2. The van der Waals surface area contributed by atoms with Gasteiger partial charge in [0, 0.05) is 7.05 Å². The number of urea groups is 1. The summed E-state index contributed by atoms with van der Waals surface area (Å²) in [6.45, 7) is 1.79. The lowest BCUT2D eigenvalue weighted by atomic mass is 10.1. The number of carboxylic acids is 1. The monoisotopic (exact) mass is 288 g/mol. The zero-order valence-electron chi connectivity index (χ0n) is 11.7. The van der Waals surface area contributed by atoms with Crippen LogP contribution in [0.1, 0.15) is 29.1 Å². The summed E-state index contributed by atoms with van der Waals surface area (Å²) in [5.41, 5.74) is 0.398. The molecule has 0 spiro atoms. The van der Waals surface area contributed by atoms with Gasteiger partial charge in [-0.05, 0) is 31.2 Å². The van der Waals surface area contributed by atoms with E-state index in [1.54, 1.807) is 37.3 Å². The summed E-state index contributed by atoms with van der Waals surface area (Å²) in [4.78, 5) is 24.7. The fraction of sp³-hybridized carbons (Fsp3) is 0.200. The number of carbonyl (C=O) groups excluding carboxylic acids is 1. The van der Waals surface area contributed by atoms with E-state index in [-0.39, 0.29) is 11.6 Å². The normalized spacial score (nSPS) is 11.7. The predicted molar refractivity (Wildman–Crippen MR) is 77.5 cm³/mol. The fourth-order valence-electron chi connectivity index (χ4n) is 1.95. The Bertz CT molecular complexity index is 637. The van der Waals surface area contributed by atoms with Crippen LogP contribution in [-0.2, 0) is 0 Å². The van der Waals surface area contributed by atoms with Crippen molar-refractivity contribution in [1.29, 1.82) is 0 Å². The molecule has 21 heavy (non-hydrogen) atoms. The zero-order chi connectivity index (χ0) is 15.4. The predicted octanol–water partition coefficient (Wildman–Crippen LogP) is 2.88. The number of carboxylic acid groups (broad SMARTS) is 1. The molecule has 2 rings (SSSR count). The van der Waals surface area contributed by atoms with Crippen molar-refractivity contribution in [1.82, 2.24) is 5.32 Å². The third kappa shape index (κ3) is 3.22. The Morgan fingerprint density at radius 2 is 1.95 bits per heavy atom. The molecule has 2 N–H and O–H groups in total. The Labute approximate surface area is 122 Å². The van der Waals surface area contributed by atoms with Crippen molar-refractivity contribution in [2.24, 2.45) is 0 Å². The van der Waals surface area contributed by atoms with Crippen LogP contribution in [0.5, 0.6) is 0 Å². The van der Waals surface area contributed by atoms with Crippen LogP contribution in [0.15, 0.2) is 47.1 Å². The van der Waals surface area contributed by atoms with E-state index in [1.807, 2.05) is 0 Å². The summed E-state index contributed by atoms with van der Waals surface area (Å²) in [6.07, 6.45) is 1.53. The van der Waals surface area contributed by atoms with Crippen molar-refractivity contribution < 1.29 is 19.1 Å². The summed E-state index contributed by atoms with van der Waals surface area (Å²) in [6, 6.07) is 9.11. The second kappa shape index (κ2) is 6.13. The fourth-order valence-corrected chi connectivity index (χ4v) is 1.95. The van der Waals surface area contributed by atoms with E-state index in [1.165, 1.54) is 24.3 Å². The average Bonchev–Trinajstić information content (AvgIpc) is 3.00. The Morgan fingerprint density at radius 1 is 1.24 bits per heavy atom. The molecule has 0 radical (unpaired) electrons. The smallest absolute Gasteiger partial charge is 0.337 e. The number of anilines is 1.